The highest BCUT2D eigenvalue weighted by Crippen LogP contribution is 2.23. The van der Waals surface area contributed by atoms with Gasteiger partial charge in [-0.25, -0.2) is 14.4 Å². The Morgan fingerprint density at radius 2 is 2.10 bits per heavy atom. The van der Waals surface area contributed by atoms with Gasteiger partial charge in [-0.05, 0) is 19.4 Å². The number of anilines is 1. The van der Waals surface area contributed by atoms with Crippen molar-refractivity contribution in [3.05, 3.63) is 23.4 Å². The second kappa shape index (κ2) is 6.62. The van der Waals surface area contributed by atoms with Crippen LogP contribution in [0.3, 0.4) is 0 Å². The van der Waals surface area contributed by atoms with Gasteiger partial charge >= 0.3 is 0 Å². The number of aromatic nitrogens is 2. The van der Waals surface area contributed by atoms with Crippen LogP contribution in [0.1, 0.15) is 19.7 Å². The summed E-state index contributed by atoms with van der Waals surface area (Å²) < 4.78 is 14.0. The molecule has 0 unspecified atom stereocenters. The molecule has 2 heterocycles. The number of hydrazone groups is 1. The SMILES string of the molecule is C=NN(C)C(=C(C)C)c1ncc(F)c(N2CCNCC2)n1. The van der Waals surface area contributed by atoms with E-state index in [4.69, 9.17) is 0 Å². The average molecular weight is 292 g/mol. The number of hydrogen-bond donors (Lipinski definition) is 1. The second-order valence-electron chi connectivity index (χ2n) is 5.12. The Balaban J connectivity index is 2.41. The Morgan fingerprint density at radius 3 is 2.67 bits per heavy atom. The molecular formula is C14H21FN6. The summed E-state index contributed by atoms with van der Waals surface area (Å²) in [5.74, 6) is 0.403. The van der Waals surface area contributed by atoms with Crippen LogP contribution in [0.4, 0.5) is 10.2 Å². The minimum Gasteiger partial charge on any atom is -0.352 e. The maximum Gasteiger partial charge on any atom is 0.183 e. The van der Waals surface area contributed by atoms with E-state index in [1.165, 1.54) is 6.20 Å². The van der Waals surface area contributed by atoms with Crippen LogP contribution in [-0.4, -0.2) is 54.9 Å². The summed E-state index contributed by atoms with van der Waals surface area (Å²) in [5, 5.41) is 8.72. The molecule has 1 N–H and O–H groups in total. The molecule has 114 valence electrons. The van der Waals surface area contributed by atoms with Crippen molar-refractivity contribution in [2.75, 3.05) is 38.1 Å². The van der Waals surface area contributed by atoms with E-state index < -0.39 is 5.82 Å². The van der Waals surface area contributed by atoms with E-state index in [0.29, 0.717) is 11.6 Å². The number of nitrogens with one attached hydrogen (secondary N) is 1. The summed E-state index contributed by atoms with van der Waals surface area (Å²) in [7, 11) is 1.77. The molecule has 7 heteroatoms. The minimum atomic E-state index is -0.400. The van der Waals surface area contributed by atoms with Crippen molar-refractivity contribution in [2.45, 2.75) is 13.8 Å². The van der Waals surface area contributed by atoms with Crippen molar-refractivity contribution in [3.63, 3.8) is 0 Å². The molecule has 1 aliphatic heterocycles. The zero-order valence-corrected chi connectivity index (χ0v) is 12.7. The van der Waals surface area contributed by atoms with Gasteiger partial charge in [-0.1, -0.05) is 0 Å². The Kier molecular flexibility index (Phi) is 4.85. The largest absolute Gasteiger partial charge is 0.352 e. The van der Waals surface area contributed by atoms with Crippen LogP contribution in [0.5, 0.6) is 0 Å². The summed E-state index contributed by atoms with van der Waals surface area (Å²) in [6, 6.07) is 0. The van der Waals surface area contributed by atoms with E-state index in [0.717, 1.165) is 37.4 Å². The topological polar surface area (TPSA) is 56.7 Å². The standard InChI is InChI=1S/C14H21FN6/c1-10(2)12(20(4)16-3)13-18-9-11(15)14(19-13)21-7-5-17-6-8-21/h9,17H,3,5-8H2,1-2,4H3. The van der Waals surface area contributed by atoms with Gasteiger partial charge in [0.2, 0.25) is 0 Å². The van der Waals surface area contributed by atoms with E-state index >= 15 is 0 Å². The molecule has 0 aromatic carbocycles. The first-order chi connectivity index (χ1) is 10.0. The van der Waals surface area contributed by atoms with Crippen LogP contribution in [0.15, 0.2) is 16.9 Å². The van der Waals surface area contributed by atoms with Gasteiger partial charge in [-0.3, -0.25) is 5.01 Å². The molecular weight excluding hydrogens is 271 g/mol. The third-order valence-corrected chi connectivity index (χ3v) is 3.36. The van der Waals surface area contributed by atoms with Gasteiger partial charge in [-0.15, -0.1) is 0 Å². The minimum absolute atomic E-state index is 0.345. The van der Waals surface area contributed by atoms with E-state index in [9.17, 15) is 4.39 Å². The van der Waals surface area contributed by atoms with Gasteiger partial charge < -0.3 is 10.2 Å². The molecule has 0 spiro atoms. The van der Waals surface area contributed by atoms with Crippen LogP contribution in [-0.2, 0) is 0 Å². The zero-order valence-electron chi connectivity index (χ0n) is 12.7. The number of rotatable bonds is 4. The fraction of sp³-hybridized carbons (Fsp3) is 0.500. The number of piperazine rings is 1. The second-order valence-corrected chi connectivity index (χ2v) is 5.12. The molecule has 0 saturated carbocycles. The summed E-state index contributed by atoms with van der Waals surface area (Å²) in [6.07, 6.45) is 1.22. The fourth-order valence-electron chi connectivity index (χ4n) is 2.33. The van der Waals surface area contributed by atoms with Crippen LogP contribution in [0.2, 0.25) is 0 Å². The summed E-state index contributed by atoms with van der Waals surface area (Å²) in [5.41, 5.74) is 1.73. The van der Waals surface area contributed by atoms with Gasteiger partial charge in [0.25, 0.3) is 0 Å². The lowest BCUT2D eigenvalue weighted by Crippen LogP contribution is -2.44. The van der Waals surface area contributed by atoms with Crippen molar-refractivity contribution in [2.24, 2.45) is 5.10 Å². The van der Waals surface area contributed by atoms with E-state index in [1.54, 1.807) is 12.1 Å². The third kappa shape index (κ3) is 3.36. The number of nitrogens with zero attached hydrogens (tertiary/aromatic N) is 5. The molecule has 0 aliphatic carbocycles. The third-order valence-electron chi connectivity index (χ3n) is 3.36. The molecule has 1 aromatic rings. The molecule has 6 nitrogen and oxygen atoms in total. The van der Waals surface area contributed by atoms with Gasteiger partial charge in [0.1, 0.15) is 5.70 Å². The highest BCUT2D eigenvalue weighted by Gasteiger charge is 2.20. The Bertz CT molecular complexity index is 546. The van der Waals surface area contributed by atoms with E-state index in [-0.39, 0.29) is 0 Å². The van der Waals surface area contributed by atoms with E-state index in [2.05, 4.69) is 27.1 Å². The first kappa shape index (κ1) is 15.4. The maximum absolute atomic E-state index is 14.0. The van der Waals surface area contributed by atoms with Crippen molar-refractivity contribution < 1.29 is 4.39 Å². The van der Waals surface area contributed by atoms with Crippen LogP contribution < -0.4 is 10.2 Å². The molecule has 0 atom stereocenters. The number of hydrogen-bond acceptors (Lipinski definition) is 6. The first-order valence-electron chi connectivity index (χ1n) is 6.91. The predicted molar refractivity (Wildman–Crippen MR) is 82.7 cm³/mol. The molecule has 1 aliphatic rings. The van der Waals surface area contributed by atoms with Crippen molar-refractivity contribution >= 4 is 18.2 Å². The molecule has 0 amide bonds. The maximum atomic E-state index is 14.0. The van der Waals surface area contributed by atoms with Crippen LogP contribution >= 0.6 is 0 Å². The molecule has 1 aromatic heterocycles. The Morgan fingerprint density at radius 1 is 1.43 bits per heavy atom. The van der Waals surface area contributed by atoms with Crippen molar-refractivity contribution in [3.8, 4) is 0 Å². The normalized spacial score (nSPS) is 14.8. The monoisotopic (exact) mass is 292 g/mol. The van der Waals surface area contributed by atoms with Gasteiger partial charge in [0.15, 0.2) is 17.5 Å². The number of halogens is 1. The molecule has 0 radical (unpaired) electrons. The lowest BCUT2D eigenvalue weighted by Gasteiger charge is -2.29. The summed E-state index contributed by atoms with van der Waals surface area (Å²) >= 11 is 0. The molecule has 0 bridgehead atoms. The molecule has 1 saturated heterocycles. The highest BCUT2D eigenvalue weighted by atomic mass is 19.1. The average Bonchev–Trinajstić information content (AvgIpc) is 2.49. The number of allylic oxidation sites excluding steroid dienone is 1. The van der Waals surface area contributed by atoms with Crippen molar-refractivity contribution in [1.29, 1.82) is 0 Å². The Hall–Kier alpha value is -2.02. The van der Waals surface area contributed by atoms with Crippen LogP contribution in [0.25, 0.3) is 5.70 Å². The van der Waals surface area contributed by atoms with Crippen molar-refractivity contribution in [1.82, 2.24) is 20.3 Å². The Labute approximate surface area is 124 Å². The van der Waals surface area contributed by atoms with Gasteiger partial charge in [-0.2, -0.15) is 5.10 Å². The van der Waals surface area contributed by atoms with E-state index in [1.807, 2.05) is 18.7 Å². The first-order valence-corrected chi connectivity index (χ1v) is 6.91. The quantitative estimate of drug-likeness (QED) is 0.670. The predicted octanol–water partition coefficient (Wildman–Crippen LogP) is 1.32. The summed E-state index contributed by atoms with van der Waals surface area (Å²) in [6.45, 7) is 10.5. The van der Waals surface area contributed by atoms with Gasteiger partial charge in [0.05, 0.1) is 6.20 Å². The van der Waals surface area contributed by atoms with Crippen LogP contribution in [0, 0.1) is 5.82 Å². The lowest BCUT2D eigenvalue weighted by atomic mass is 10.2. The summed E-state index contributed by atoms with van der Waals surface area (Å²) in [4.78, 5) is 10.5. The van der Waals surface area contributed by atoms with Gasteiger partial charge in [0, 0.05) is 39.9 Å². The lowest BCUT2D eigenvalue weighted by molar-refractivity contribution is 0.509. The smallest absolute Gasteiger partial charge is 0.183 e. The molecule has 21 heavy (non-hydrogen) atoms. The molecule has 2 rings (SSSR count). The highest BCUT2D eigenvalue weighted by molar-refractivity contribution is 5.62. The fourth-order valence-corrected chi connectivity index (χ4v) is 2.33. The zero-order chi connectivity index (χ0) is 15.4. The molecule has 1 fully saturated rings.